The molecule has 1 aliphatic heterocycles. The van der Waals surface area contributed by atoms with Crippen molar-refractivity contribution in [3.8, 4) is 0 Å². The van der Waals surface area contributed by atoms with Gasteiger partial charge in [0.15, 0.2) is 0 Å². The van der Waals surface area contributed by atoms with Gasteiger partial charge in [0.05, 0.1) is 4.90 Å². The van der Waals surface area contributed by atoms with E-state index in [4.69, 9.17) is 0 Å². The van der Waals surface area contributed by atoms with Crippen molar-refractivity contribution >= 4 is 27.5 Å². The van der Waals surface area contributed by atoms with Crippen LogP contribution in [0.2, 0.25) is 0 Å². The predicted octanol–water partition coefficient (Wildman–Crippen LogP) is 3.45. The fraction of sp³-hybridized carbons (Fsp3) is 0.391. The maximum atomic E-state index is 12.9. The van der Waals surface area contributed by atoms with E-state index >= 15 is 0 Å². The van der Waals surface area contributed by atoms with E-state index in [0.717, 1.165) is 18.5 Å². The summed E-state index contributed by atoms with van der Waals surface area (Å²) in [4.78, 5) is 26.6. The van der Waals surface area contributed by atoms with Crippen LogP contribution in [0, 0.1) is 6.92 Å². The lowest BCUT2D eigenvalue weighted by Gasteiger charge is -2.21. The van der Waals surface area contributed by atoms with E-state index in [1.807, 2.05) is 23.1 Å². The number of amides is 2. The minimum atomic E-state index is -3.76. The van der Waals surface area contributed by atoms with Crippen molar-refractivity contribution in [3.05, 3.63) is 59.2 Å². The SMILES string of the molecule is Cc1ccc(S(=O)(=O)NC(C)(C)C)cc1C(=O)Nc1cccc(CN2CCCC2=O)c1. The van der Waals surface area contributed by atoms with E-state index in [0.29, 0.717) is 24.2 Å². The fourth-order valence-corrected chi connectivity index (χ4v) is 4.96. The fourth-order valence-electron chi connectivity index (χ4n) is 3.51. The van der Waals surface area contributed by atoms with Crippen molar-refractivity contribution in [1.82, 2.24) is 9.62 Å². The molecule has 2 aromatic carbocycles. The van der Waals surface area contributed by atoms with Gasteiger partial charge in [0, 0.05) is 36.3 Å². The third-order valence-corrected chi connectivity index (χ3v) is 6.69. The Labute approximate surface area is 183 Å². The maximum Gasteiger partial charge on any atom is 0.255 e. The van der Waals surface area contributed by atoms with Crippen LogP contribution in [-0.4, -0.2) is 37.2 Å². The van der Waals surface area contributed by atoms with Crippen LogP contribution in [0.1, 0.15) is 55.1 Å². The van der Waals surface area contributed by atoms with Crippen LogP contribution in [-0.2, 0) is 21.4 Å². The summed E-state index contributed by atoms with van der Waals surface area (Å²) in [6, 6.07) is 11.9. The number of likely N-dealkylation sites (tertiary alicyclic amines) is 1. The van der Waals surface area contributed by atoms with E-state index in [-0.39, 0.29) is 22.3 Å². The Morgan fingerprint density at radius 1 is 1.13 bits per heavy atom. The Kier molecular flexibility index (Phi) is 6.52. The van der Waals surface area contributed by atoms with E-state index in [9.17, 15) is 18.0 Å². The largest absolute Gasteiger partial charge is 0.338 e. The molecule has 2 aromatic rings. The van der Waals surface area contributed by atoms with Gasteiger partial charge < -0.3 is 10.2 Å². The molecule has 0 aliphatic carbocycles. The van der Waals surface area contributed by atoms with Gasteiger partial charge in [-0.05, 0) is 69.5 Å². The van der Waals surface area contributed by atoms with E-state index in [1.165, 1.54) is 12.1 Å². The third-order valence-electron chi connectivity index (χ3n) is 4.93. The quantitative estimate of drug-likeness (QED) is 0.715. The molecule has 2 N–H and O–H groups in total. The van der Waals surface area contributed by atoms with Crippen LogP contribution >= 0.6 is 0 Å². The van der Waals surface area contributed by atoms with Gasteiger partial charge in [-0.25, -0.2) is 13.1 Å². The van der Waals surface area contributed by atoms with Crippen molar-refractivity contribution in [2.45, 2.75) is 57.5 Å². The Morgan fingerprint density at radius 2 is 1.87 bits per heavy atom. The second-order valence-electron chi connectivity index (χ2n) is 8.91. The number of benzene rings is 2. The molecule has 3 rings (SSSR count). The highest BCUT2D eigenvalue weighted by molar-refractivity contribution is 7.89. The summed E-state index contributed by atoms with van der Waals surface area (Å²) in [6.07, 6.45) is 1.46. The standard InChI is InChI=1S/C23H29N3O4S/c1-16-10-11-19(31(29,30)25-23(2,3)4)14-20(16)22(28)24-18-8-5-7-17(13-18)15-26-12-6-9-21(26)27/h5,7-8,10-11,13-14,25H,6,9,12,15H2,1-4H3,(H,24,28). The monoisotopic (exact) mass is 443 g/mol. The van der Waals surface area contributed by atoms with Gasteiger partial charge in [-0.2, -0.15) is 0 Å². The minimum Gasteiger partial charge on any atom is -0.338 e. The molecular weight excluding hydrogens is 414 g/mol. The molecule has 1 heterocycles. The summed E-state index contributed by atoms with van der Waals surface area (Å²) in [6.45, 7) is 8.29. The molecule has 1 saturated heterocycles. The molecule has 1 aliphatic rings. The lowest BCUT2D eigenvalue weighted by molar-refractivity contribution is -0.128. The lowest BCUT2D eigenvalue weighted by Crippen LogP contribution is -2.40. The summed E-state index contributed by atoms with van der Waals surface area (Å²) in [5.74, 6) is -0.244. The number of carbonyl (C=O) groups excluding carboxylic acids is 2. The Morgan fingerprint density at radius 3 is 2.52 bits per heavy atom. The average molecular weight is 444 g/mol. The summed E-state index contributed by atoms with van der Waals surface area (Å²) in [5, 5.41) is 2.84. The molecule has 0 aromatic heterocycles. The number of rotatable bonds is 6. The number of carbonyl (C=O) groups is 2. The molecule has 166 valence electrons. The zero-order valence-corrected chi connectivity index (χ0v) is 19.2. The summed E-state index contributed by atoms with van der Waals surface area (Å²) in [5.41, 5.74) is 1.84. The van der Waals surface area contributed by atoms with E-state index in [1.54, 1.807) is 39.8 Å². The lowest BCUT2D eigenvalue weighted by atomic mass is 10.1. The summed E-state index contributed by atoms with van der Waals surface area (Å²) in [7, 11) is -3.76. The first-order valence-electron chi connectivity index (χ1n) is 10.3. The second-order valence-corrected chi connectivity index (χ2v) is 10.6. The van der Waals surface area contributed by atoms with Crippen molar-refractivity contribution in [3.63, 3.8) is 0 Å². The summed E-state index contributed by atoms with van der Waals surface area (Å²) < 4.78 is 27.9. The van der Waals surface area contributed by atoms with Crippen LogP contribution in [0.5, 0.6) is 0 Å². The molecule has 0 bridgehead atoms. The molecule has 0 radical (unpaired) electrons. The third kappa shape index (κ3) is 5.92. The van der Waals surface area contributed by atoms with Crippen molar-refractivity contribution in [2.24, 2.45) is 0 Å². The molecule has 0 atom stereocenters. The highest BCUT2D eigenvalue weighted by atomic mass is 32.2. The molecule has 0 unspecified atom stereocenters. The molecule has 0 spiro atoms. The second kappa shape index (κ2) is 8.80. The van der Waals surface area contributed by atoms with Crippen molar-refractivity contribution in [1.29, 1.82) is 0 Å². The number of aryl methyl sites for hydroxylation is 1. The Bertz CT molecular complexity index is 1100. The molecule has 2 amide bonds. The molecule has 31 heavy (non-hydrogen) atoms. The number of nitrogens with zero attached hydrogens (tertiary/aromatic N) is 1. The van der Waals surface area contributed by atoms with Crippen molar-refractivity contribution < 1.29 is 18.0 Å². The van der Waals surface area contributed by atoms with Gasteiger partial charge in [0.1, 0.15) is 0 Å². The van der Waals surface area contributed by atoms with E-state index < -0.39 is 15.6 Å². The molecular formula is C23H29N3O4S. The number of hydrogen-bond acceptors (Lipinski definition) is 4. The smallest absolute Gasteiger partial charge is 0.255 e. The van der Waals surface area contributed by atoms with E-state index in [2.05, 4.69) is 10.0 Å². The first kappa shape index (κ1) is 23.0. The first-order chi connectivity index (χ1) is 14.4. The first-order valence-corrected chi connectivity index (χ1v) is 11.8. The number of sulfonamides is 1. The van der Waals surface area contributed by atoms with Gasteiger partial charge in [-0.15, -0.1) is 0 Å². The Balaban J connectivity index is 1.79. The zero-order valence-electron chi connectivity index (χ0n) is 18.4. The van der Waals surface area contributed by atoms with Crippen LogP contribution in [0.3, 0.4) is 0 Å². The highest BCUT2D eigenvalue weighted by Gasteiger charge is 2.24. The summed E-state index contributed by atoms with van der Waals surface area (Å²) >= 11 is 0. The van der Waals surface area contributed by atoms with Crippen LogP contribution in [0.15, 0.2) is 47.4 Å². The molecule has 0 saturated carbocycles. The topological polar surface area (TPSA) is 95.6 Å². The van der Waals surface area contributed by atoms with Crippen LogP contribution in [0.25, 0.3) is 0 Å². The van der Waals surface area contributed by atoms with Gasteiger partial charge >= 0.3 is 0 Å². The predicted molar refractivity (Wildman–Crippen MR) is 120 cm³/mol. The normalized spacial score (nSPS) is 14.7. The zero-order chi connectivity index (χ0) is 22.8. The van der Waals surface area contributed by atoms with Crippen LogP contribution < -0.4 is 10.0 Å². The highest BCUT2D eigenvalue weighted by Crippen LogP contribution is 2.21. The van der Waals surface area contributed by atoms with Crippen LogP contribution in [0.4, 0.5) is 5.69 Å². The molecule has 8 heteroatoms. The van der Waals surface area contributed by atoms with Gasteiger partial charge in [0.2, 0.25) is 15.9 Å². The average Bonchev–Trinajstić information content (AvgIpc) is 3.05. The number of anilines is 1. The number of hydrogen-bond donors (Lipinski definition) is 2. The maximum absolute atomic E-state index is 12.9. The number of nitrogens with one attached hydrogen (secondary N) is 2. The Hall–Kier alpha value is -2.71. The minimum absolute atomic E-state index is 0.0412. The van der Waals surface area contributed by atoms with Crippen molar-refractivity contribution in [2.75, 3.05) is 11.9 Å². The molecule has 1 fully saturated rings. The van der Waals surface area contributed by atoms with Gasteiger partial charge in [-0.1, -0.05) is 18.2 Å². The van der Waals surface area contributed by atoms with Gasteiger partial charge in [-0.3, -0.25) is 9.59 Å². The molecule has 7 nitrogen and oxygen atoms in total. The van der Waals surface area contributed by atoms with Gasteiger partial charge in [0.25, 0.3) is 5.91 Å².